The fourth-order valence-corrected chi connectivity index (χ4v) is 2.29. The summed E-state index contributed by atoms with van der Waals surface area (Å²) in [5.74, 6) is -3.43. The van der Waals surface area contributed by atoms with Crippen LogP contribution in [0, 0.1) is 17.5 Å². The molecule has 0 aliphatic rings. The van der Waals surface area contributed by atoms with E-state index in [2.05, 4.69) is 5.32 Å². The Balaban J connectivity index is 1.76. The number of carbonyl (C=O) groups is 1. The number of hydrogen-bond donors (Lipinski definition) is 1. The molecule has 0 saturated heterocycles. The molecular formula is C19H13F3N2O3. The van der Waals surface area contributed by atoms with Crippen LogP contribution in [0.3, 0.4) is 0 Å². The number of benzene rings is 2. The summed E-state index contributed by atoms with van der Waals surface area (Å²) < 4.78 is 40.2. The Morgan fingerprint density at radius 3 is 2.56 bits per heavy atom. The number of amides is 1. The summed E-state index contributed by atoms with van der Waals surface area (Å²) in [6, 6.07) is 11.1. The molecule has 0 unspecified atom stereocenters. The lowest BCUT2D eigenvalue weighted by molar-refractivity contribution is 0.0862. The van der Waals surface area contributed by atoms with Crippen LogP contribution in [-0.2, 0) is 6.61 Å². The molecule has 1 amide bonds. The first-order chi connectivity index (χ1) is 12.9. The molecule has 27 heavy (non-hydrogen) atoms. The summed E-state index contributed by atoms with van der Waals surface area (Å²) in [5, 5.41) is 2.31. The van der Waals surface area contributed by atoms with Crippen molar-refractivity contribution >= 4 is 11.6 Å². The molecule has 5 nitrogen and oxygen atoms in total. The number of pyridine rings is 1. The third kappa shape index (κ3) is 4.35. The van der Waals surface area contributed by atoms with Crippen LogP contribution < -0.4 is 15.7 Å². The van der Waals surface area contributed by atoms with Gasteiger partial charge in [-0.15, -0.1) is 0 Å². The highest BCUT2D eigenvalue weighted by Gasteiger charge is 2.14. The molecule has 0 fully saturated rings. The van der Waals surface area contributed by atoms with Crippen molar-refractivity contribution in [1.82, 2.24) is 4.73 Å². The second-order valence-corrected chi connectivity index (χ2v) is 5.54. The van der Waals surface area contributed by atoms with Gasteiger partial charge >= 0.3 is 0 Å². The summed E-state index contributed by atoms with van der Waals surface area (Å²) in [5.41, 5.74) is -0.525. The summed E-state index contributed by atoms with van der Waals surface area (Å²) in [7, 11) is 0. The number of rotatable bonds is 5. The minimum absolute atomic E-state index is 0.00520. The molecule has 0 spiro atoms. The predicted octanol–water partition coefficient (Wildman–Crippen LogP) is 3.15. The first kappa shape index (κ1) is 18.2. The molecular weight excluding hydrogens is 361 g/mol. The number of nitrogens with one attached hydrogen (secondary N) is 1. The highest BCUT2D eigenvalue weighted by atomic mass is 19.2. The second kappa shape index (κ2) is 7.77. The van der Waals surface area contributed by atoms with Gasteiger partial charge in [0.1, 0.15) is 18.0 Å². The molecule has 3 aromatic rings. The Morgan fingerprint density at radius 1 is 1.00 bits per heavy atom. The molecule has 1 N–H and O–H groups in total. The van der Waals surface area contributed by atoms with Gasteiger partial charge < -0.3 is 10.2 Å². The molecule has 1 heterocycles. The van der Waals surface area contributed by atoms with E-state index >= 15 is 0 Å². The van der Waals surface area contributed by atoms with Gasteiger partial charge in [0.25, 0.3) is 11.5 Å². The molecule has 3 rings (SSSR count). The Kier molecular flexibility index (Phi) is 5.25. The van der Waals surface area contributed by atoms with Gasteiger partial charge in [-0.3, -0.25) is 9.59 Å². The lowest BCUT2D eigenvalue weighted by Crippen LogP contribution is -2.32. The van der Waals surface area contributed by atoms with E-state index in [1.54, 1.807) is 6.07 Å². The first-order valence-electron chi connectivity index (χ1n) is 7.80. The molecule has 0 atom stereocenters. The Morgan fingerprint density at radius 2 is 1.81 bits per heavy atom. The van der Waals surface area contributed by atoms with Crippen molar-refractivity contribution in [1.29, 1.82) is 0 Å². The van der Waals surface area contributed by atoms with Crippen molar-refractivity contribution < 1.29 is 22.8 Å². The predicted molar refractivity (Wildman–Crippen MR) is 91.7 cm³/mol. The van der Waals surface area contributed by atoms with E-state index in [1.165, 1.54) is 36.5 Å². The fourth-order valence-electron chi connectivity index (χ4n) is 2.29. The zero-order chi connectivity index (χ0) is 19.4. The molecule has 138 valence electrons. The molecule has 0 aliphatic carbocycles. The second-order valence-electron chi connectivity index (χ2n) is 5.54. The largest absolute Gasteiger partial charge is 0.406 e. The average molecular weight is 374 g/mol. The van der Waals surface area contributed by atoms with Crippen LogP contribution in [0.15, 0.2) is 65.6 Å². The minimum Gasteiger partial charge on any atom is -0.406 e. The van der Waals surface area contributed by atoms with Crippen molar-refractivity contribution in [2.45, 2.75) is 6.61 Å². The molecule has 8 heteroatoms. The van der Waals surface area contributed by atoms with Crippen LogP contribution in [0.4, 0.5) is 18.9 Å². The first-order valence-corrected chi connectivity index (χ1v) is 7.80. The summed E-state index contributed by atoms with van der Waals surface area (Å²) in [6.07, 6.45) is 1.30. The summed E-state index contributed by atoms with van der Waals surface area (Å²) in [6.45, 7) is -0.0914. The Hall–Kier alpha value is -3.55. The SMILES string of the molecule is O=C(Nc1ccc(F)c(F)c1)c1cccn(OCc2cccc(F)c2)c1=O. The number of aromatic nitrogens is 1. The quantitative estimate of drug-likeness (QED) is 0.746. The van der Waals surface area contributed by atoms with Gasteiger partial charge in [0.2, 0.25) is 0 Å². The van der Waals surface area contributed by atoms with Crippen LogP contribution in [-0.4, -0.2) is 10.6 Å². The van der Waals surface area contributed by atoms with E-state index in [9.17, 15) is 22.8 Å². The van der Waals surface area contributed by atoms with Gasteiger partial charge in [-0.05, 0) is 42.0 Å². The smallest absolute Gasteiger partial charge is 0.295 e. The average Bonchev–Trinajstić information content (AvgIpc) is 2.64. The lowest BCUT2D eigenvalue weighted by Gasteiger charge is -2.10. The maximum Gasteiger partial charge on any atom is 0.295 e. The third-order valence-corrected chi connectivity index (χ3v) is 3.60. The van der Waals surface area contributed by atoms with E-state index in [-0.39, 0.29) is 17.9 Å². The van der Waals surface area contributed by atoms with E-state index in [0.29, 0.717) is 5.56 Å². The molecule has 0 radical (unpaired) electrons. The number of anilines is 1. The van der Waals surface area contributed by atoms with Gasteiger partial charge in [-0.25, -0.2) is 13.2 Å². The van der Waals surface area contributed by atoms with Crippen LogP contribution in [0.1, 0.15) is 15.9 Å². The topological polar surface area (TPSA) is 60.3 Å². The van der Waals surface area contributed by atoms with E-state index in [1.807, 2.05) is 0 Å². The van der Waals surface area contributed by atoms with E-state index in [0.717, 1.165) is 22.9 Å². The number of nitrogens with zero attached hydrogens (tertiary/aromatic N) is 1. The Bertz CT molecular complexity index is 1050. The van der Waals surface area contributed by atoms with Crippen molar-refractivity contribution in [2.75, 3.05) is 5.32 Å². The van der Waals surface area contributed by atoms with Crippen molar-refractivity contribution in [3.05, 3.63) is 99.7 Å². The molecule has 0 bridgehead atoms. The zero-order valence-electron chi connectivity index (χ0n) is 13.8. The minimum atomic E-state index is -1.13. The maximum absolute atomic E-state index is 13.2. The lowest BCUT2D eigenvalue weighted by atomic mass is 10.2. The van der Waals surface area contributed by atoms with Gasteiger partial charge in [-0.1, -0.05) is 12.1 Å². The van der Waals surface area contributed by atoms with Crippen molar-refractivity contribution in [3.8, 4) is 0 Å². The van der Waals surface area contributed by atoms with Crippen LogP contribution in [0.25, 0.3) is 0 Å². The molecule has 2 aromatic carbocycles. The van der Waals surface area contributed by atoms with Gasteiger partial charge in [-0.2, -0.15) is 4.73 Å². The van der Waals surface area contributed by atoms with Crippen LogP contribution in [0.2, 0.25) is 0 Å². The van der Waals surface area contributed by atoms with E-state index < -0.39 is 28.9 Å². The maximum atomic E-state index is 13.2. The van der Waals surface area contributed by atoms with Crippen LogP contribution in [0.5, 0.6) is 0 Å². The number of halogens is 3. The fraction of sp³-hybridized carbons (Fsp3) is 0.0526. The molecule has 0 aliphatic heterocycles. The summed E-state index contributed by atoms with van der Waals surface area (Å²) in [4.78, 5) is 29.9. The number of hydrogen-bond acceptors (Lipinski definition) is 3. The summed E-state index contributed by atoms with van der Waals surface area (Å²) >= 11 is 0. The standard InChI is InChI=1S/C19H13F3N2O3/c20-13-4-1-3-12(9-13)11-27-24-8-2-5-15(19(24)26)18(25)23-14-6-7-16(21)17(22)10-14/h1-10H,11H2,(H,23,25). The molecule has 0 saturated carbocycles. The molecule has 1 aromatic heterocycles. The Labute approximate surface area is 151 Å². The van der Waals surface area contributed by atoms with Gasteiger partial charge in [0.15, 0.2) is 11.6 Å². The van der Waals surface area contributed by atoms with Crippen LogP contribution >= 0.6 is 0 Å². The zero-order valence-corrected chi connectivity index (χ0v) is 13.8. The van der Waals surface area contributed by atoms with Gasteiger partial charge in [0, 0.05) is 18.0 Å². The van der Waals surface area contributed by atoms with Gasteiger partial charge in [0.05, 0.1) is 0 Å². The van der Waals surface area contributed by atoms with Crippen molar-refractivity contribution in [2.24, 2.45) is 0 Å². The monoisotopic (exact) mass is 374 g/mol. The third-order valence-electron chi connectivity index (χ3n) is 3.60. The number of carbonyl (C=O) groups excluding carboxylic acids is 1. The van der Waals surface area contributed by atoms with Crippen molar-refractivity contribution in [3.63, 3.8) is 0 Å². The normalized spacial score (nSPS) is 10.5. The highest BCUT2D eigenvalue weighted by Crippen LogP contribution is 2.13. The highest BCUT2D eigenvalue weighted by molar-refractivity contribution is 6.03. The van der Waals surface area contributed by atoms with E-state index in [4.69, 9.17) is 4.84 Å².